The summed E-state index contributed by atoms with van der Waals surface area (Å²) >= 11 is 0. The second-order valence-corrected chi connectivity index (χ2v) is 4.56. The molecule has 0 saturated heterocycles. The van der Waals surface area contributed by atoms with Crippen LogP contribution in [0.25, 0.3) is 0 Å². The summed E-state index contributed by atoms with van der Waals surface area (Å²) in [4.78, 5) is 0. The molecule has 2 saturated carbocycles. The first-order valence-corrected chi connectivity index (χ1v) is 5.93. The minimum atomic E-state index is 0.0292. The van der Waals surface area contributed by atoms with E-state index in [4.69, 9.17) is 0 Å². The van der Waals surface area contributed by atoms with Crippen molar-refractivity contribution in [1.82, 2.24) is 0 Å². The van der Waals surface area contributed by atoms with Gasteiger partial charge in [0.15, 0.2) is 0 Å². The Balaban J connectivity index is 0.000000396. The molecule has 0 spiro atoms. The molecule has 0 aromatic heterocycles. The molecule has 0 aromatic rings. The molecule has 0 bridgehead atoms. The second-order valence-electron chi connectivity index (χ2n) is 4.56. The summed E-state index contributed by atoms with van der Waals surface area (Å²) in [6.07, 6.45) is 6.28. The Hall–Kier alpha value is -0.0400. The van der Waals surface area contributed by atoms with E-state index in [1.807, 2.05) is 13.8 Å². The van der Waals surface area contributed by atoms with E-state index in [0.717, 1.165) is 30.6 Å². The minimum absolute atomic E-state index is 0.0292. The van der Waals surface area contributed by atoms with Gasteiger partial charge in [-0.2, -0.15) is 0 Å². The van der Waals surface area contributed by atoms with Crippen LogP contribution in [0.15, 0.2) is 0 Å². The number of hydrogen-bond acceptors (Lipinski definition) is 1. The quantitative estimate of drug-likeness (QED) is 0.613. The first-order chi connectivity index (χ1) is 6.25. The van der Waals surface area contributed by atoms with Crippen LogP contribution >= 0.6 is 0 Å². The molecule has 2 rings (SSSR count). The average molecular weight is 184 g/mol. The highest BCUT2D eigenvalue weighted by molar-refractivity contribution is 4.87. The van der Waals surface area contributed by atoms with E-state index in [0.29, 0.717) is 0 Å². The zero-order valence-corrected chi connectivity index (χ0v) is 9.29. The maximum Gasteiger partial charge on any atom is 0.0543 e. The van der Waals surface area contributed by atoms with Crippen LogP contribution in [-0.2, 0) is 0 Å². The zero-order chi connectivity index (χ0) is 9.84. The summed E-state index contributed by atoms with van der Waals surface area (Å²) in [5.41, 5.74) is 0. The number of aliphatic hydroxyl groups excluding tert-OH is 1. The van der Waals surface area contributed by atoms with Gasteiger partial charge < -0.3 is 5.11 Å². The lowest BCUT2D eigenvalue weighted by Gasteiger charge is -2.28. The van der Waals surface area contributed by atoms with Gasteiger partial charge in [0.05, 0.1) is 6.10 Å². The molecule has 1 N–H and O–H groups in total. The van der Waals surface area contributed by atoms with Gasteiger partial charge in [0, 0.05) is 0 Å². The highest BCUT2D eigenvalue weighted by Gasteiger charge is 2.36. The van der Waals surface area contributed by atoms with Gasteiger partial charge in [-0.1, -0.05) is 20.8 Å². The van der Waals surface area contributed by atoms with Crippen LogP contribution in [0.2, 0.25) is 0 Å². The van der Waals surface area contributed by atoms with Crippen molar-refractivity contribution >= 4 is 0 Å². The highest BCUT2D eigenvalue weighted by atomic mass is 16.3. The summed E-state index contributed by atoms with van der Waals surface area (Å²) in [5, 5.41) is 9.44. The lowest BCUT2D eigenvalue weighted by Crippen LogP contribution is -2.23. The molecule has 0 amide bonds. The topological polar surface area (TPSA) is 20.2 Å². The van der Waals surface area contributed by atoms with E-state index in [9.17, 15) is 5.11 Å². The van der Waals surface area contributed by atoms with Gasteiger partial charge in [-0.3, -0.25) is 0 Å². The molecule has 0 radical (unpaired) electrons. The van der Waals surface area contributed by atoms with Gasteiger partial charge >= 0.3 is 0 Å². The third kappa shape index (κ3) is 2.70. The Morgan fingerprint density at radius 3 is 2.23 bits per heavy atom. The molecule has 0 aromatic carbocycles. The zero-order valence-electron chi connectivity index (χ0n) is 9.29. The summed E-state index contributed by atoms with van der Waals surface area (Å²) in [6.45, 7) is 6.35. The van der Waals surface area contributed by atoms with E-state index in [1.165, 1.54) is 19.3 Å². The van der Waals surface area contributed by atoms with Crippen LogP contribution in [0.4, 0.5) is 0 Å². The summed E-state index contributed by atoms with van der Waals surface area (Å²) in [7, 11) is 0. The van der Waals surface area contributed by atoms with E-state index >= 15 is 0 Å². The second kappa shape index (κ2) is 4.99. The molecule has 0 aliphatic heterocycles. The molecule has 13 heavy (non-hydrogen) atoms. The normalized spacial score (nSPS) is 43.4. The van der Waals surface area contributed by atoms with Gasteiger partial charge in [-0.05, 0) is 49.9 Å². The molecule has 2 aliphatic rings. The molecule has 78 valence electrons. The maximum atomic E-state index is 9.44. The van der Waals surface area contributed by atoms with Crippen molar-refractivity contribution in [3.63, 3.8) is 0 Å². The van der Waals surface area contributed by atoms with Crippen LogP contribution in [-0.4, -0.2) is 11.2 Å². The number of rotatable bonds is 0. The first-order valence-electron chi connectivity index (χ1n) is 5.93. The predicted octanol–water partition coefficient (Wildman–Crippen LogP) is 3.22. The average Bonchev–Trinajstić information content (AvgIpc) is 2.48. The molecular weight excluding hydrogens is 160 g/mol. The van der Waals surface area contributed by atoms with Crippen LogP contribution in [0, 0.1) is 17.8 Å². The summed E-state index contributed by atoms with van der Waals surface area (Å²) < 4.78 is 0. The van der Waals surface area contributed by atoms with Crippen molar-refractivity contribution in [1.29, 1.82) is 0 Å². The van der Waals surface area contributed by atoms with Gasteiger partial charge in [-0.25, -0.2) is 0 Å². The Morgan fingerprint density at radius 1 is 0.923 bits per heavy atom. The van der Waals surface area contributed by atoms with Crippen molar-refractivity contribution < 1.29 is 5.11 Å². The molecule has 0 heterocycles. The van der Waals surface area contributed by atoms with Crippen LogP contribution in [0.1, 0.15) is 52.9 Å². The Kier molecular flexibility index (Phi) is 4.24. The fourth-order valence-electron chi connectivity index (χ4n) is 3.03. The summed E-state index contributed by atoms with van der Waals surface area (Å²) in [5.74, 6) is 2.76. The Bertz CT molecular complexity index is 144. The number of fused-ring (bicyclic) bond motifs is 1. The van der Waals surface area contributed by atoms with Gasteiger partial charge in [0.25, 0.3) is 0 Å². The van der Waals surface area contributed by atoms with Crippen molar-refractivity contribution in [2.75, 3.05) is 0 Å². The number of aliphatic hydroxyl groups is 1. The SMILES string of the molecule is CC.CC1CC2CCC(O)CC2C1. The Morgan fingerprint density at radius 2 is 1.54 bits per heavy atom. The first kappa shape index (κ1) is 11.0. The van der Waals surface area contributed by atoms with Crippen LogP contribution in [0.5, 0.6) is 0 Å². The monoisotopic (exact) mass is 184 g/mol. The molecule has 2 fully saturated rings. The van der Waals surface area contributed by atoms with Gasteiger partial charge in [0.2, 0.25) is 0 Å². The van der Waals surface area contributed by atoms with Gasteiger partial charge in [0.1, 0.15) is 0 Å². The third-order valence-electron chi connectivity index (χ3n) is 3.52. The van der Waals surface area contributed by atoms with E-state index in [1.54, 1.807) is 0 Å². The molecule has 2 aliphatic carbocycles. The lowest BCUT2D eigenvalue weighted by molar-refractivity contribution is 0.0806. The Labute approximate surface area is 82.5 Å². The molecule has 1 nitrogen and oxygen atoms in total. The van der Waals surface area contributed by atoms with Crippen molar-refractivity contribution in [3.8, 4) is 0 Å². The molecule has 1 heteroatoms. The van der Waals surface area contributed by atoms with E-state index in [-0.39, 0.29) is 6.10 Å². The molecule has 4 atom stereocenters. The van der Waals surface area contributed by atoms with Crippen molar-refractivity contribution in [3.05, 3.63) is 0 Å². The fraction of sp³-hybridized carbons (Fsp3) is 1.00. The minimum Gasteiger partial charge on any atom is -0.393 e. The molecule has 4 unspecified atom stereocenters. The third-order valence-corrected chi connectivity index (χ3v) is 3.52. The van der Waals surface area contributed by atoms with Crippen LogP contribution in [0.3, 0.4) is 0 Å². The van der Waals surface area contributed by atoms with Crippen molar-refractivity contribution in [2.45, 2.75) is 59.0 Å². The van der Waals surface area contributed by atoms with Gasteiger partial charge in [-0.15, -0.1) is 0 Å². The predicted molar refractivity (Wildman–Crippen MR) is 56.6 cm³/mol. The van der Waals surface area contributed by atoms with Crippen molar-refractivity contribution in [2.24, 2.45) is 17.8 Å². The fourth-order valence-corrected chi connectivity index (χ4v) is 3.03. The largest absolute Gasteiger partial charge is 0.393 e. The number of hydrogen-bond donors (Lipinski definition) is 1. The lowest BCUT2D eigenvalue weighted by atomic mass is 9.80. The smallest absolute Gasteiger partial charge is 0.0543 e. The van der Waals surface area contributed by atoms with E-state index in [2.05, 4.69) is 6.92 Å². The standard InChI is InChI=1S/C10H18O.C2H6/c1-7-4-8-2-3-10(11)6-9(8)5-7;1-2/h7-11H,2-6H2,1H3;1-2H3. The van der Waals surface area contributed by atoms with Crippen LogP contribution < -0.4 is 0 Å². The summed E-state index contributed by atoms with van der Waals surface area (Å²) in [6, 6.07) is 0. The maximum absolute atomic E-state index is 9.44. The van der Waals surface area contributed by atoms with E-state index < -0.39 is 0 Å². The molecular formula is C12H24O. The highest BCUT2D eigenvalue weighted by Crippen LogP contribution is 2.44.